The van der Waals surface area contributed by atoms with E-state index in [0.29, 0.717) is 0 Å². The van der Waals surface area contributed by atoms with Crippen LogP contribution in [-0.2, 0) is 0 Å². The van der Waals surface area contributed by atoms with Gasteiger partial charge in [-0.3, -0.25) is 0 Å². The molecule has 0 unspecified atom stereocenters. The Bertz CT molecular complexity index is 385. The van der Waals surface area contributed by atoms with Crippen molar-refractivity contribution in [2.24, 2.45) is 0 Å². The van der Waals surface area contributed by atoms with Crippen molar-refractivity contribution in [2.45, 2.75) is 20.3 Å². The van der Waals surface area contributed by atoms with E-state index in [4.69, 9.17) is 5.73 Å². The van der Waals surface area contributed by atoms with Gasteiger partial charge in [0.2, 0.25) is 0 Å². The molecule has 0 bridgehead atoms. The molecule has 1 aromatic rings. The maximum atomic E-state index is 5.92. The third-order valence-corrected chi connectivity index (χ3v) is 2.37. The molecular formula is C12H14BrN. The molecule has 0 fully saturated rings. The molecule has 0 spiro atoms. The Morgan fingerprint density at radius 3 is 2.71 bits per heavy atom. The Hall–Kier alpha value is -0.940. The minimum Gasteiger partial charge on any atom is -0.398 e. The molecule has 0 aliphatic rings. The van der Waals surface area contributed by atoms with Crippen molar-refractivity contribution in [1.82, 2.24) is 0 Å². The van der Waals surface area contributed by atoms with Crippen molar-refractivity contribution in [3.05, 3.63) is 28.8 Å². The van der Waals surface area contributed by atoms with Crippen LogP contribution in [0.25, 0.3) is 0 Å². The molecule has 1 rings (SSSR count). The Labute approximate surface area is 93.8 Å². The van der Waals surface area contributed by atoms with Gasteiger partial charge in [-0.2, -0.15) is 0 Å². The number of benzene rings is 1. The highest BCUT2D eigenvalue weighted by molar-refractivity contribution is 9.09. The smallest absolute Gasteiger partial charge is 0.0503 e. The molecule has 2 heteroatoms. The van der Waals surface area contributed by atoms with Crippen molar-refractivity contribution < 1.29 is 0 Å². The molecule has 0 saturated heterocycles. The van der Waals surface area contributed by atoms with Gasteiger partial charge in [-0.15, -0.1) is 0 Å². The van der Waals surface area contributed by atoms with Crippen LogP contribution in [0.4, 0.5) is 5.69 Å². The molecule has 0 aliphatic heterocycles. The lowest BCUT2D eigenvalue weighted by Gasteiger charge is -2.04. The Morgan fingerprint density at radius 2 is 2.07 bits per heavy atom. The van der Waals surface area contributed by atoms with Crippen molar-refractivity contribution in [3.63, 3.8) is 0 Å². The normalized spacial score (nSPS) is 9.36. The summed E-state index contributed by atoms with van der Waals surface area (Å²) in [6, 6.07) is 4.11. The van der Waals surface area contributed by atoms with Crippen LogP contribution in [0.2, 0.25) is 0 Å². The molecule has 0 amide bonds. The number of nitrogen functional groups attached to an aromatic ring is 1. The summed E-state index contributed by atoms with van der Waals surface area (Å²) < 4.78 is 0. The second kappa shape index (κ2) is 5.07. The van der Waals surface area contributed by atoms with Gasteiger partial charge in [-0.25, -0.2) is 0 Å². The maximum Gasteiger partial charge on any atom is 0.0503 e. The average Bonchev–Trinajstić information content (AvgIpc) is 2.13. The van der Waals surface area contributed by atoms with Gasteiger partial charge in [0.05, 0.1) is 5.69 Å². The highest BCUT2D eigenvalue weighted by Crippen LogP contribution is 2.18. The average molecular weight is 252 g/mol. The molecule has 0 radical (unpaired) electrons. The first-order valence-corrected chi connectivity index (χ1v) is 5.69. The van der Waals surface area contributed by atoms with Gasteiger partial charge < -0.3 is 5.73 Å². The highest BCUT2D eigenvalue weighted by Gasteiger charge is 1.99. The number of anilines is 1. The summed E-state index contributed by atoms with van der Waals surface area (Å²) in [5.74, 6) is 6.16. The molecular weight excluding hydrogens is 238 g/mol. The van der Waals surface area contributed by atoms with E-state index in [1.807, 2.05) is 13.0 Å². The minimum atomic E-state index is 0.803. The highest BCUT2D eigenvalue weighted by atomic mass is 79.9. The number of alkyl halides is 1. The third-order valence-electron chi connectivity index (χ3n) is 1.97. The first-order valence-electron chi connectivity index (χ1n) is 4.56. The van der Waals surface area contributed by atoms with Crippen molar-refractivity contribution in [1.29, 1.82) is 0 Å². The van der Waals surface area contributed by atoms with E-state index < -0.39 is 0 Å². The zero-order valence-corrected chi connectivity index (χ0v) is 10.1. The van der Waals surface area contributed by atoms with Crippen LogP contribution in [0.15, 0.2) is 12.1 Å². The zero-order chi connectivity index (χ0) is 10.6. The molecule has 0 heterocycles. The molecule has 0 aromatic heterocycles. The van der Waals surface area contributed by atoms with Crippen LogP contribution in [0.5, 0.6) is 0 Å². The molecule has 1 aromatic carbocycles. The zero-order valence-electron chi connectivity index (χ0n) is 8.52. The molecule has 0 aliphatic carbocycles. The number of aryl methyl sites for hydroxylation is 2. The summed E-state index contributed by atoms with van der Waals surface area (Å²) in [5.41, 5.74) is 9.98. The first kappa shape index (κ1) is 11.1. The fourth-order valence-electron chi connectivity index (χ4n) is 1.29. The number of hydrogen-bond acceptors (Lipinski definition) is 1. The standard InChI is InChI=1S/C12H14BrN/c1-9-7-10(2)12(14)11(8-9)5-3-4-6-13/h7-8H,4,6,14H2,1-2H3. The van der Waals surface area contributed by atoms with Gasteiger partial charge in [0.1, 0.15) is 0 Å². The van der Waals surface area contributed by atoms with Gasteiger partial charge in [0.25, 0.3) is 0 Å². The van der Waals surface area contributed by atoms with Gasteiger partial charge in [0, 0.05) is 17.3 Å². The third kappa shape index (κ3) is 2.78. The monoisotopic (exact) mass is 251 g/mol. The first-order chi connectivity index (χ1) is 6.65. The van der Waals surface area contributed by atoms with Crippen LogP contribution in [0, 0.1) is 25.7 Å². The van der Waals surface area contributed by atoms with Crippen molar-refractivity contribution >= 4 is 21.6 Å². The summed E-state index contributed by atoms with van der Waals surface area (Å²) in [4.78, 5) is 0. The van der Waals surface area contributed by atoms with Gasteiger partial charge >= 0.3 is 0 Å². The summed E-state index contributed by atoms with van der Waals surface area (Å²) >= 11 is 3.34. The number of hydrogen-bond donors (Lipinski definition) is 1. The predicted octanol–water partition coefficient (Wildman–Crippen LogP) is 3.02. The lowest BCUT2D eigenvalue weighted by atomic mass is 10.0. The Balaban J connectivity index is 3.04. The molecule has 74 valence electrons. The van der Waals surface area contributed by atoms with E-state index in [9.17, 15) is 0 Å². The molecule has 0 saturated carbocycles. The second-order valence-electron chi connectivity index (χ2n) is 3.28. The van der Waals surface area contributed by atoms with Gasteiger partial charge in [0.15, 0.2) is 0 Å². The fourth-order valence-corrected chi connectivity index (χ4v) is 1.49. The van der Waals surface area contributed by atoms with Crippen molar-refractivity contribution in [2.75, 3.05) is 11.1 Å². The summed E-state index contributed by atoms with van der Waals surface area (Å²) in [7, 11) is 0. The Kier molecular flexibility index (Phi) is 4.03. The van der Waals surface area contributed by atoms with Gasteiger partial charge in [-0.1, -0.05) is 33.8 Å². The second-order valence-corrected chi connectivity index (χ2v) is 4.08. The molecule has 14 heavy (non-hydrogen) atoms. The van der Waals surface area contributed by atoms with E-state index in [2.05, 4.69) is 40.8 Å². The largest absolute Gasteiger partial charge is 0.398 e. The minimum absolute atomic E-state index is 0.803. The number of halogens is 1. The van der Waals surface area contributed by atoms with E-state index in [1.165, 1.54) is 5.56 Å². The van der Waals surface area contributed by atoms with E-state index in [0.717, 1.165) is 28.6 Å². The van der Waals surface area contributed by atoms with Crippen LogP contribution in [-0.4, -0.2) is 5.33 Å². The number of nitrogens with two attached hydrogens (primary N) is 1. The van der Waals surface area contributed by atoms with E-state index in [1.54, 1.807) is 0 Å². The van der Waals surface area contributed by atoms with Crippen LogP contribution < -0.4 is 5.73 Å². The van der Waals surface area contributed by atoms with E-state index in [-0.39, 0.29) is 0 Å². The summed E-state index contributed by atoms with van der Waals surface area (Å²) in [6.45, 7) is 4.07. The number of rotatable bonds is 1. The Morgan fingerprint density at radius 1 is 1.36 bits per heavy atom. The molecule has 1 nitrogen and oxygen atoms in total. The quantitative estimate of drug-likeness (QED) is 0.464. The maximum absolute atomic E-state index is 5.92. The van der Waals surface area contributed by atoms with Crippen LogP contribution in [0.3, 0.4) is 0 Å². The molecule has 2 N–H and O–H groups in total. The topological polar surface area (TPSA) is 26.0 Å². The fraction of sp³-hybridized carbons (Fsp3) is 0.333. The van der Waals surface area contributed by atoms with Crippen LogP contribution >= 0.6 is 15.9 Å². The summed E-state index contributed by atoms with van der Waals surface area (Å²) in [5, 5.41) is 0.907. The van der Waals surface area contributed by atoms with Crippen LogP contribution in [0.1, 0.15) is 23.1 Å². The van der Waals surface area contributed by atoms with E-state index >= 15 is 0 Å². The lowest BCUT2D eigenvalue weighted by Crippen LogP contribution is -1.95. The summed E-state index contributed by atoms with van der Waals surface area (Å²) in [6.07, 6.45) is 0.854. The predicted molar refractivity (Wildman–Crippen MR) is 65.6 cm³/mol. The lowest BCUT2D eigenvalue weighted by molar-refractivity contribution is 1.31. The van der Waals surface area contributed by atoms with Crippen molar-refractivity contribution in [3.8, 4) is 11.8 Å². The van der Waals surface area contributed by atoms with Gasteiger partial charge in [-0.05, 0) is 31.0 Å². The molecule has 0 atom stereocenters. The SMILES string of the molecule is Cc1cc(C)c(N)c(C#CCCBr)c1.